The van der Waals surface area contributed by atoms with Crippen molar-refractivity contribution in [3.8, 4) is 0 Å². The lowest BCUT2D eigenvalue weighted by atomic mass is 10.1. The molecule has 0 radical (unpaired) electrons. The molecule has 25 heavy (non-hydrogen) atoms. The van der Waals surface area contributed by atoms with Crippen LogP contribution in [0.25, 0.3) is 0 Å². The highest BCUT2D eigenvalue weighted by atomic mass is 16.5. The first-order chi connectivity index (χ1) is 12.0. The number of aromatic nitrogens is 4. The average molecular weight is 348 g/mol. The summed E-state index contributed by atoms with van der Waals surface area (Å²) in [5.41, 5.74) is 0.818. The maximum Gasteiger partial charge on any atom is 0.240 e. The summed E-state index contributed by atoms with van der Waals surface area (Å²) in [4.78, 5) is 18.7. The van der Waals surface area contributed by atoms with Gasteiger partial charge in [-0.15, -0.1) is 0 Å². The van der Waals surface area contributed by atoms with Crippen molar-refractivity contribution in [3.63, 3.8) is 0 Å². The molecule has 0 bridgehead atoms. The highest BCUT2D eigenvalue weighted by molar-refractivity contribution is 5.91. The molecule has 1 aliphatic rings. The number of aromatic amines is 1. The average Bonchev–Trinajstić information content (AvgIpc) is 3.24. The highest BCUT2D eigenvalue weighted by Crippen LogP contribution is 2.20. The van der Waals surface area contributed by atoms with E-state index in [2.05, 4.69) is 25.7 Å². The molecule has 1 amide bonds. The molecule has 0 spiro atoms. The van der Waals surface area contributed by atoms with Gasteiger partial charge in [-0.2, -0.15) is 5.10 Å². The molecule has 1 saturated heterocycles. The van der Waals surface area contributed by atoms with E-state index in [1.807, 2.05) is 25.7 Å². The van der Waals surface area contributed by atoms with Crippen molar-refractivity contribution in [2.24, 2.45) is 0 Å². The number of hydrogen-bond acceptors (Lipinski definition) is 7. The summed E-state index contributed by atoms with van der Waals surface area (Å²) < 4.78 is 10.9. The maximum absolute atomic E-state index is 12.2. The van der Waals surface area contributed by atoms with Gasteiger partial charge in [-0.3, -0.25) is 20.1 Å². The highest BCUT2D eigenvalue weighted by Gasteiger charge is 2.26. The third kappa shape index (κ3) is 4.43. The molecule has 3 heterocycles. The van der Waals surface area contributed by atoms with Crippen LogP contribution in [0.1, 0.15) is 50.1 Å². The Hall–Kier alpha value is -2.26. The number of H-pyrrole nitrogens is 1. The second-order valence-electron chi connectivity index (χ2n) is 6.41. The lowest BCUT2D eigenvalue weighted by Crippen LogP contribution is -2.42. The van der Waals surface area contributed by atoms with Gasteiger partial charge in [-0.25, -0.2) is 4.98 Å². The number of nitrogens with zero attached hydrogens (tertiary/aromatic N) is 4. The Kier molecular flexibility index (Phi) is 5.44. The number of morpholine rings is 1. The van der Waals surface area contributed by atoms with Crippen LogP contribution in [0.5, 0.6) is 0 Å². The molecule has 1 atom stereocenters. The maximum atomic E-state index is 12.2. The van der Waals surface area contributed by atoms with Gasteiger partial charge < -0.3 is 9.26 Å². The first-order valence-corrected chi connectivity index (χ1v) is 8.56. The van der Waals surface area contributed by atoms with Crippen molar-refractivity contribution in [3.05, 3.63) is 23.4 Å². The fourth-order valence-corrected chi connectivity index (χ4v) is 2.61. The van der Waals surface area contributed by atoms with Crippen LogP contribution < -0.4 is 5.32 Å². The number of carbonyl (C=O) groups excluding carboxylic acids is 1. The molecule has 2 N–H and O–H groups in total. The van der Waals surface area contributed by atoms with Crippen LogP contribution >= 0.6 is 0 Å². The zero-order chi connectivity index (χ0) is 17.8. The fraction of sp³-hybridized carbons (Fsp3) is 0.625. The Bertz CT molecular complexity index is 710. The van der Waals surface area contributed by atoms with Crippen LogP contribution in [-0.2, 0) is 16.0 Å². The molecule has 9 nitrogen and oxygen atoms in total. The molecule has 2 aromatic rings. The first-order valence-electron chi connectivity index (χ1n) is 8.56. The molecule has 0 aliphatic carbocycles. The van der Waals surface area contributed by atoms with E-state index in [1.54, 1.807) is 6.07 Å². The minimum Gasteiger partial charge on any atom is -0.367 e. The van der Waals surface area contributed by atoms with Gasteiger partial charge in [0.2, 0.25) is 11.8 Å². The van der Waals surface area contributed by atoms with Gasteiger partial charge in [-0.1, -0.05) is 25.9 Å². The van der Waals surface area contributed by atoms with E-state index in [0.717, 1.165) is 17.9 Å². The molecule has 9 heteroatoms. The third-order valence-corrected chi connectivity index (χ3v) is 4.07. The Morgan fingerprint density at radius 1 is 1.52 bits per heavy atom. The summed E-state index contributed by atoms with van der Waals surface area (Å²) in [6, 6.07) is 1.75. The van der Waals surface area contributed by atoms with E-state index in [4.69, 9.17) is 9.26 Å². The smallest absolute Gasteiger partial charge is 0.240 e. The third-order valence-electron chi connectivity index (χ3n) is 4.07. The molecular formula is C16H24N6O3. The van der Waals surface area contributed by atoms with Crippen molar-refractivity contribution >= 4 is 11.8 Å². The number of hydrogen-bond donors (Lipinski definition) is 2. The number of carbonyl (C=O) groups is 1. The van der Waals surface area contributed by atoms with Gasteiger partial charge >= 0.3 is 0 Å². The van der Waals surface area contributed by atoms with Gasteiger partial charge in [-0.05, 0) is 5.92 Å². The second kappa shape index (κ2) is 7.75. The van der Waals surface area contributed by atoms with Crippen molar-refractivity contribution in [1.82, 2.24) is 25.2 Å². The van der Waals surface area contributed by atoms with Crippen LogP contribution in [0.4, 0.5) is 5.88 Å². The Balaban J connectivity index is 1.53. The van der Waals surface area contributed by atoms with E-state index in [-0.39, 0.29) is 24.5 Å². The molecule has 0 saturated carbocycles. The van der Waals surface area contributed by atoms with Gasteiger partial charge in [0, 0.05) is 25.6 Å². The van der Waals surface area contributed by atoms with Crippen molar-refractivity contribution < 1.29 is 14.1 Å². The number of ether oxygens (including phenoxy) is 1. The minimum absolute atomic E-state index is 0.142. The molecule has 1 fully saturated rings. The lowest BCUT2D eigenvalue weighted by Gasteiger charge is -2.30. The molecule has 0 unspecified atom stereocenters. The summed E-state index contributed by atoms with van der Waals surface area (Å²) in [6.07, 6.45) is 0.567. The predicted molar refractivity (Wildman–Crippen MR) is 90.1 cm³/mol. The fourth-order valence-electron chi connectivity index (χ4n) is 2.61. The lowest BCUT2D eigenvalue weighted by molar-refractivity contribution is -0.119. The van der Waals surface area contributed by atoms with Crippen LogP contribution in [0, 0.1) is 0 Å². The summed E-state index contributed by atoms with van der Waals surface area (Å²) in [5, 5.41) is 13.8. The predicted octanol–water partition coefficient (Wildman–Crippen LogP) is 1.49. The van der Waals surface area contributed by atoms with Gasteiger partial charge in [0.25, 0.3) is 0 Å². The van der Waals surface area contributed by atoms with Crippen LogP contribution in [0.2, 0.25) is 0 Å². The van der Waals surface area contributed by atoms with Crippen molar-refractivity contribution in [2.75, 3.05) is 31.6 Å². The Labute approximate surface area is 146 Å². The number of nitrogens with one attached hydrogen (secondary N) is 2. The quantitative estimate of drug-likeness (QED) is 0.814. The standard InChI is InChI=1S/C16H24N6O3/c1-4-13-17-16(20-19-13)12-8-22(5-6-24-12)9-14(23)18-15-7-11(10(2)3)21-25-15/h7,10,12H,4-6,8-9H2,1-3H3,(H,18,23)(H,17,19,20)/t12-/m1/s1. The number of anilines is 1. The van der Waals surface area contributed by atoms with Crippen molar-refractivity contribution in [1.29, 1.82) is 0 Å². The van der Waals surface area contributed by atoms with E-state index < -0.39 is 0 Å². The Morgan fingerprint density at radius 3 is 3.04 bits per heavy atom. The van der Waals surface area contributed by atoms with E-state index >= 15 is 0 Å². The zero-order valence-corrected chi connectivity index (χ0v) is 14.8. The van der Waals surface area contributed by atoms with E-state index in [1.165, 1.54) is 0 Å². The van der Waals surface area contributed by atoms with E-state index in [9.17, 15) is 4.79 Å². The van der Waals surface area contributed by atoms with E-state index in [0.29, 0.717) is 31.4 Å². The summed E-state index contributed by atoms with van der Waals surface area (Å²) in [7, 11) is 0. The Morgan fingerprint density at radius 2 is 2.36 bits per heavy atom. The molecule has 136 valence electrons. The SMILES string of the molecule is CCc1nc([C@H]2CN(CC(=O)Nc3cc(C(C)C)no3)CCO2)n[nH]1. The van der Waals surface area contributed by atoms with Crippen LogP contribution in [0.3, 0.4) is 0 Å². The van der Waals surface area contributed by atoms with Gasteiger partial charge in [0.1, 0.15) is 11.9 Å². The van der Waals surface area contributed by atoms with Crippen molar-refractivity contribution in [2.45, 2.75) is 39.2 Å². The zero-order valence-electron chi connectivity index (χ0n) is 14.8. The summed E-state index contributed by atoms with van der Waals surface area (Å²) in [6.45, 7) is 8.09. The van der Waals surface area contributed by atoms with Gasteiger partial charge in [0.15, 0.2) is 5.82 Å². The van der Waals surface area contributed by atoms with Crippen LogP contribution in [0.15, 0.2) is 10.6 Å². The number of rotatable bonds is 6. The molecule has 1 aliphatic heterocycles. The monoisotopic (exact) mass is 348 g/mol. The first kappa shape index (κ1) is 17.6. The normalized spacial score (nSPS) is 18.6. The molecule has 0 aromatic carbocycles. The molecule has 2 aromatic heterocycles. The number of amides is 1. The molecular weight excluding hydrogens is 324 g/mol. The second-order valence-corrected chi connectivity index (χ2v) is 6.41. The van der Waals surface area contributed by atoms with Gasteiger partial charge in [0.05, 0.1) is 18.8 Å². The minimum atomic E-state index is -0.226. The number of aryl methyl sites for hydroxylation is 1. The molecule has 3 rings (SSSR count). The summed E-state index contributed by atoms with van der Waals surface area (Å²) in [5.74, 6) is 1.96. The summed E-state index contributed by atoms with van der Waals surface area (Å²) >= 11 is 0. The van der Waals surface area contributed by atoms with Crippen LogP contribution in [-0.4, -0.2) is 57.4 Å². The largest absolute Gasteiger partial charge is 0.367 e. The topological polar surface area (TPSA) is 109 Å².